The molecule has 7 heteroatoms. The lowest BCUT2D eigenvalue weighted by atomic mass is 10.0. The van der Waals surface area contributed by atoms with Gasteiger partial charge in [-0.15, -0.1) is 24.2 Å². The fraction of sp³-hybridized carbons (Fsp3) is 0.588. The average molecular weight is 410 g/mol. The van der Waals surface area contributed by atoms with Gasteiger partial charge in [0, 0.05) is 29.0 Å². The van der Waals surface area contributed by atoms with Gasteiger partial charge in [0.2, 0.25) is 5.91 Å². The molecular formula is C17H23Cl3N2OS. The van der Waals surface area contributed by atoms with Crippen LogP contribution >= 0.6 is 47.4 Å². The van der Waals surface area contributed by atoms with Crippen molar-refractivity contribution in [1.82, 2.24) is 10.2 Å². The van der Waals surface area contributed by atoms with E-state index in [-0.39, 0.29) is 18.3 Å². The molecule has 0 aromatic heterocycles. The molecule has 0 radical (unpaired) electrons. The number of piperidine rings is 1. The number of hydrogen-bond donors (Lipinski definition) is 1. The number of likely N-dealkylation sites (tertiary alicyclic amines) is 1. The summed E-state index contributed by atoms with van der Waals surface area (Å²) in [5.41, 5.74) is 0. The van der Waals surface area contributed by atoms with Gasteiger partial charge in [0.1, 0.15) is 0 Å². The summed E-state index contributed by atoms with van der Waals surface area (Å²) in [5.74, 6) is 1.51. The molecule has 134 valence electrons. The number of thioether (sulfide) groups is 1. The van der Waals surface area contributed by atoms with Crippen molar-refractivity contribution in [2.24, 2.45) is 5.92 Å². The Morgan fingerprint density at radius 2 is 1.92 bits per heavy atom. The highest BCUT2D eigenvalue weighted by Crippen LogP contribution is 2.30. The van der Waals surface area contributed by atoms with Gasteiger partial charge in [-0.3, -0.25) is 4.79 Å². The quantitative estimate of drug-likeness (QED) is 0.702. The largest absolute Gasteiger partial charge is 0.342 e. The molecule has 1 amide bonds. The summed E-state index contributed by atoms with van der Waals surface area (Å²) in [6.07, 6.45) is 4.88. The average Bonchev–Trinajstić information content (AvgIpc) is 3.38. The summed E-state index contributed by atoms with van der Waals surface area (Å²) in [4.78, 5) is 15.2. The van der Waals surface area contributed by atoms with Crippen LogP contribution in [-0.2, 0) is 4.79 Å². The van der Waals surface area contributed by atoms with Crippen LogP contribution in [0.25, 0.3) is 0 Å². The van der Waals surface area contributed by atoms with E-state index in [9.17, 15) is 4.79 Å². The number of amides is 1. The van der Waals surface area contributed by atoms with E-state index in [2.05, 4.69) is 5.32 Å². The van der Waals surface area contributed by atoms with Crippen LogP contribution < -0.4 is 5.32 Å². The van der Waals surface area contributed by atoms with Crippen LogP contribution in [0.1, 0.15) is 25.7 Å². The number of carbonyl (C=O) groups excluding carboxylic acids is 1. The number of benzene rings is 1. The molecule has 0 atom stereocenters. The van der Waals surface area contributed by atoms with Crippen LogP contribution in [0.5, 0.6) is 0 Å². The molecule has 0 bridgehead atoms. The van der Waals surface area contributed by atoms with Crippen molar-refractivity contribution in [3.05, 3.63) is 28.2 Å². The van der Waals surface area contributed by atoms with Gasteiger partial charge in [-0.25, -0.2) is 0 Å². The molecule has 1 aromatic rings. The molecule has 3 nitrogen and oxygen atoms in total. The highest BCUT2D eigenvalue weighted by molar-refractivity contribution is 8.00. The predicted octanol–water partition coefficient (Wildman–Crippen LogP) is 4.50. The van der Waals surface area contributed by atoms with Crippen molar-refractivity contribution >= 4 is 53.3 Å². The van der Waals surface area contributed by atoms with Gasteiger partial charge in [0.15, 0.2) is 0 Å². The van der Waals surface area contributed by atoms with Crippen LogP contribution in [0.4, 0.5) is 0 Å². The molecule has 1 saturated heterocycles. The van der Waals surface area contributed by atoms with E-state index in [4.69, 9.17) is 23.2 Å². The zero-order valence-corrected chi connectivity index (χ0v) is 16.6. The van der Waals surface area contributed by atoms with Crippen molar-refractivity contribution in [1.29, 1.82) is 0 Å². The van der Waals surface area contributed by atoms with Gasteiger partial charge in [-0.2, -0.15) is 0 Å². The van der Waals surface area contributed by atoms with Crippen molar-refractivity contribution in [3.63, 3.8) is 0 Å². The first-order chi connectivity index (χ1) is 11.1. The summed E-state index contributed by atoms with van der Waals surface area (Å²) >= 11 is 13.6. The van der Waals surface area contributed by atoms with Crippen LogP contribution in [0.2, 0.25) is 10.0 Å². The van der Waals surface area contributed by atoms with E-state index >= 15 is 0 Å². The lowest BCUT2D eigenvalue weighted by molar-refractivity contribution is -0.129. The van der Waals surface area contributed by atoms with Crippen LogP contribution in [0.15, 0.2) is 23.1 Å². The van der Waals surface area contributed by atoms with Crippen LogP contribution in [0.3, 0.4) is 0 Å². The Labute approximate surface area is 164 Å². The van der Waals surface area contributed by atoms with E-state index in [0.29, 0.717) is 21.8 Å². The standard InChI is InChI=1S/C17H22Cl2N2OS.ClH/c18-13-3-4-15(19)16(9-13)23-11-17(22)21-7-5-14(6-8-21)20-10-12-1-2-12;/h3-4,9,12,14,20H,1-2,5-8,10-11H2;1H. The van der Waals surface area contributed by atoms with Gasteiger partial charge in [-0.1, -0.05) is 23.2 Å². The molecule has 3 rings (SSSR count). The Kier molecular flexibility index (Phi) is 8.02. The van der Waals surface area contributed by atoms with Crippen molar-refractivity contribution < 1.29 is 4.79 Å². The number of carbonyl (C=O) groups is 1. The van der Waals surface area contributed by atoms with Gasteiger partial charge < -0.3 is 10.2 Å². The third-order valence-electron chi connectivity index (χ3n) is 4.48. The molecule has 24 heavy (non-hydrogen) atoms. The second kappa shape index (κ2) is 9.54. The summed E-state index contributed by atoms with van der Waals surface area (Å²) in [6, 6.07) is 5.92. The summed E-state index contributed by atoms with van der Waals surface area (Å²) in [5, 5.41) is 4.93. The monoisotopic (exact) mass is 408 g/mol. The van der Waals surface area contributed by atoms with Crippen LogP contribution in [0, 0.1) is 5.92 Å². The first-order valence-electron chi connectivity index (χ1n) is 8.21. The van der Waals surface area contributed by atoms with Crippen molar-refractivity contribution in [2.45, 2.75) is 36.6 Å². The Balaban J connectivity index is 0.00000208. The number of hydrogen-bond acceptors (Lipinski definition) is 3. The fourth-order valence-corrected chi connectivity index (χ4v) is 4.20. The molecule has 1 aliphatic carbocycles. The van der Waals surface area contributed by atoms with Crippen molar-refractivity contribution in [2.75, 3.05) is 25.4 Å². The van der Waals surface area contributed by atoms with Gasteiger partial charge in [0.25, 0.3) is 0 Å². The lowest BCUT2D eigenvalue weighted by Crippen LogP contribution is -2.45. The first kappa shape index (κ1) is 20.2. The highest BCUT2D eigenvalue weighted by atomic mass is 35.5. The second-order valence-electron chi connectivity index (χ2n) is 6.37. The minimum atomic E-state index is 0. The molecule has 1 N–H and O–H groups in total. The molecule has 2 aliphatic rings. The fourth-order valence-electron chi connectivity index (χ4n) is 2.81. The van der Waals surface area contributed by atoms with Crippen molar-refractivity contribution in [3.8, 4) is 0 Å². The summed E-state index contributed by atoms with van der Waals surface area (Å²) in [6.45, 7) is 2.86. The Hall–Kier alpha value is -0.130. The number of nitrogens with zero attached hydrogens (tertiary/aromatic N) is 1. The molecule has 1 aromatic carbocycles. The molecule has 0 spiro atoms. The third-order valence-corrected chi connectivity index (χ3v) is 6.20. The Bertz CT molecular complexity index is 561. The summed E-state index contributed by atoms with van der Waals surface area (Å²) < 4.78 is 0. The van der Waals surface area contributed by atoms with E-state index in [1.54, 1.807) is 12.1 Å². The Morgan fingerprint density at radius 3 is 2.58 bits per heavy atom. The lowest BCUT2D eigenvalue weighted by Gasteiger charge is -2.32. The molecule has 1 aliphatic heterocycles. The summed E-state index contributed by atoms with van der Waals surface area (Å²) in [7, 11) is 0. The molecule has 2 fully saturated rings. The maximum Gasteiger partial charge on any atom is 0.232 e. The smallest absolute Gasteiger partial charge is 0.232 e. The second-order valence-corrected chi connectivity index (χ2v) is 8.23. The van der Waals surface area contributed by atoms with E-state index < -0.39 is 0 Å². The van der Waals surface area contributed by atoms with Gasteiger partial charge in [-0.05, 0) is 56.3 Å². The predicted molar refractivity (Wildman–Crippen MR) is 105 cm³/mol. The van der Waals surface area contributed by atoms with Crippen LogP contribution in [-0.4, -0.2) is 42.2 Å². The zero-order valence-electron chi connectivity index (χ0n) is 13.5. The van der Waals surface area contributed by atoms with E-state index in [0.717, 1.165) is 43.3 Å². The number of halogens is 3. The first-order valence-corrected chi connectivity index (χ1v) is 9.95. The number of rotatable bonds is 6. The van der Waals surface area contributed by atoms with Gasteiger partial charge in [0.05, 0.1) is 10.8 Å². The SMILES string of the molecule is Cl.O=C(CSc1cc(Cl)ccc1Cl)N1CCC(NCC2CC2)CC1. The normalized spacial score (nSPS) is 18.3. The molecule has 1 saturated carbocycles. The minimum absolute atomic E-state index is 0. The minimum Gasteiger partial charge on any atom is -0.342 e. The maximum absolute atomic E-state index is 12.4. The van der Waals surface area contributed by atoms with E-state index in [1.807, 2.05) is 11.0 Å². The maximum atomic E-state index is 12.4. The molecule has 0 unspecified atom stereocenters. The number of nitrogens with one attached hydrogen (secondary N) is 1. The molecule has 1 heterocycles. The van der Waals surface area contributed by atoms with E-state index in [1.165, 1.54) is 24.6 Å². The third kappa shape index (κ3) is 5.99. The Morgan fingerprint density at radius 1 is 1.21 bits per heavy atom. The van der Waals surface area contributed by atoms with Gasteiger partial charge >= 0.3 is 0 Å². The highest BCUT2D eigenvalue weighted by Gasteiger charge is 2.25. The molecular weight excluding hydrogens is 387 g/mol. The zero-order chi connectivity index (χ0) is 16.2. The topological polar surface area (TPSA) is 32.3 Å².